The number of rotatable bonds is 4. The Morgan fingerprint density at radius 3 is 0.800 bits per heavy atom. The predicted molar refractivity (Wildman–Crippen MR) is 82.7 cm³/mol. The average molecular weight is 279 g/mol. The zero-order valence-electron chi connectivity index (χ0n) is 12.4. The van der Waals surface area contributed by atoms with Gasteiger partial charge >= 0.3 is 0 Å². The van der Waals surface area contributed by atoms with Crippen LogP contribution in [0.4, 0.5) is 0 Å². The van der Waals surface area contributed by atoms with E-state index in [-0.39, 0.29) is 0 Å². The molecule has 5 heteroatoms. The van der Waals surface area contributed by atoms with E-state index >= 15 is 0 Å². The topological polar surface area (TPSA) is 9.23 Å². The molecule has 0 radical (unpaired) electrons. The summed E-state index contributed by atoms with van der Waals surface area (Å²) in [6, 6.07) is 0. The average Bonchev–Trinajstić information content (AvgIpc) is 1.77. The minimum atomic E-state index is -1.41. The second kappa shape index (κ2) is 4.25. The molecular weight excluding hydrogens is 248 g/mol. The lowest BCUT2D eigenvalue weighted by atomic mass is 11.8. The standard InChI is InChI=1S/C10H30OSi4/c1-12(2,3)14(7,8)11-15(9,10)13(4,5)6/h1-10H3. The lowest BCUT2D eigenvalue weighted by Crippen LogP contribution is -2.66. The Kier molecular flexibility index (Phi) is 4.48. The Bertz CT molecular complexity index is 199. The van der Waals surface area contributed by atoms with Crippen LogP contribution in [-0.4, -0.2) is 30.9 Å². The third-order valence-corrected chi connectivity index (χ3v) is 38.9. The fourth-order valence-electron chi connectivity index (χ4n) is 0.944. The highest BCUT2D eigenvalue weighted by atomic mass is 29.3. The van der Waals surface area contributed by atoms with Gasteiger partial charge in [0.1, 0.15) is 0 Å². The number of hydrogen-bond donors (Lipinski definition) is 0. The van der Waals surface area contributed by atoms with E-state index in [9.17, 15) is 0 Å². The highest BCUT2D eigenvalue weighted by Crippen LogP contribution is 2.29. The lowest BCUT2D eigenvalue weighted by molar-refractivity contribution is 0.581. The summed E-state index contributed by atoms with van der Waals surface area (Å²) < 4.78 is 6.76. The summed E-state index contributed by atoms with van der Waals surface area (Å²) in [5, 5.41) is 0. The third-order valence-electron chi connectivity index (χ3n) is 4.12. The predicted octanol–water partition coefficient (Wildman–Crippen LogP) is 4.25. The molecule has 0 amide bonds. The van der Waals surface area contributed by atoms with Gasteiger partial charge in [0.25, 0.3) is 0 Å². The first-order valence-electron chi connectivity index (χ1n) is 5.91. The molecule has 0 aliphatic carbocycles. The van der Waals surface area contributed by atoms with E-state index in [4.69, 9.17) is 4.12 Å². The molecule has 0 aromatic carbocycles. The Balaban J connectivity index is 4.89. The van der Waals surface area contributed by atoms with E-state index < -0.39 is 30.9 Å². The van der Waals surface area contributed by atoms with E-state index in [0.717, 1.165) is 0 Å². The van der Waals surface area contributed by atoms with E-state index in [1.54, 1.807) is 0 Å². The van der Waals surface area contributed by atoms with Crippen molar-refractivity contribution in [1.82, 2.24) is 0 Å². The molecule has 0 bridgehead atoms. The summed E-state index contributed by atoms with van der Waals surface area (Å²) >= 11 is 0. The van der Waals surface area contributed by atoms with Crippen molar-refractivity contribution in [2.24, 2.45) is 0 Å². The van der Waals surface area contributed by atoms with E-state index in [1.165, 1.54) is 0 Å². The van der Waals surface area contributed by atoms with E-state index in [1.807, 2.05) is 0 Å². The molecule has 92 valence electrons. The van der Waals surface area contributed by atoms with Gasteiger partial charge in [0.05, 0.1) is 15.2 Å². The second-order valence-electron chi connectivity index (χ2n) is 7.62. The molecule has 0 saturated carbocycles. The fraction of sp³-hybridized carbons (Fsp3) is 1.00. The van der Waals surface area contributed by atoms with Gasteiger partial charge in [-0.3, -0.25) is 0 Å². The van der Waals surface area contributed by atoms with Crippen LogP contribution >= 0.6 is 0 Å². The van der Waals surface area contributed by atoms with Crippen LogP contribution < -0.4 is 0 Å². The van der Waals surface area contributed by atoms with Gasteiger partial charge in [-0.1, -0.05) is 39.3 Å². The molecule has 0 aromatic rings. The molecule has 0 heterocycles. The Labute approximate surface area is 100 Å². The summed E-state index contributed by atoms with van der Waals surface area (Å²) in [6.07, 6.45) is 0. The first-order chi connectivity index (χ1) is 6.21. The minimum Gasteiger partial charge on any atom is -0.460 e. The highest BCUT2D eigenvalue weighted by molar-refractivity contribution is 7.45. The van der Waals surface area contributed by atoms with Gasteiger partial charge in [0.2, 0.25) is 0 Å². The molecule has 0 fully saturated rings. The van der Waals surface area contributed by atoms with Crippen LogP contribution in [0.15, 0.2) is 0 Å². The van der Waals surface area contributed by atoms with E-state index in [0.29, 0.717) is 0 Å². The maximum Gasteiger partial charge on any atom is 0.159 e. The normalized spacial score (nSPS) is 15.6. The van der Waals surface area contributed by atoms with Gasteiger partial charge in [-0.05, 0) is 26.2 Å². The van der Waals surface area contributed by atoms with Crippen molar-refractivity contribution in [3.8, 4) is 0 Å². The van der Waals surface area contributed by atoms with Gasteiger partial charge in [-0.15, -0.1) is 0 Å². The first kappa shape index (κ1) is 15.8. The van der Waals surface area contributed by atoms with Gasteiger partial charge in [-0.25, -0.2) is 0 Å². The summed E-state index contributed by atoms with van der Waals surface area (Å²) in [7, 11) is -5.03. The SMILES string of the molecule is C[Si](C)(C)[Si](C)(C)O[Si](C)(C)[Si](C)(C)C. The maximum absolute atomic E-state index is 6.76. The van der Waals surface area contributed by atoms with Gasteiger partial charge < -0.3 is 4.12 Å². The number of hydrogen-bond acceptors (Lipinski definition) is 1. The van der Waals surface area contributed by atoms with Crippen LogP contribution in [0, 0.1) is 0 Å². The molecule has 0 aliphatic heterocycles. The van der Waals surface area contributed by atoms with Crippen LogP contribution in [0.2, 0.25) is 65.5 Å². The lowest BCUT2D eigenvalue weighted by Gasteiger charge is -2.46. The van der Waals surface area contributed by atoms with Gasteiger partial charge in [0, 0.05) is 0 Å². The Hall–Kier alpha value is 0.828. The van der Waals surface area contributed by atoms with Crippen LogP contribution in [0.25, 0.3) is 0 Å². The van der Waals surface area contributed by atoms with Crippen molar-refractivity contribution in [2.75, 3.05) is 0 Å². The third kappa shape index (κ3) is 3.96. The summed E-state index contributed by atoms with van der Waals surface area (Å²) in [5.74, 6) is 0. The largest absolute Gasteiger partial charge is 0.460 e. The fourth-order valence-corrected chi connectivity index (χ4v) is 19.5. The van der Waals surface area contributed by atoms with Crippen LogP contribution in [-0.2, 0) is 4.12 Å². The van der Waals surface area contributed by atoms with Crippen molar-refractivity contribution in [1.29, 1.82) is 0 Å². The molecule has 0 N–H and O–H groups in total. The monoisotopic (exact) mass is 278 g/mol. The van der Waals surface area contributed by atoms with Crippen molar-refractivity contribution in [2.45, 2.75) is 65.5 Å². The molecule has 0 atom stereocenters. The molecule has 0 spiro atoms. The maximum atomic E-state index is 6.76. The van der Waals surface area contributed by atoms with Crippen LogP contribution in [0.5, 0.6) is 0 Å². The smallest absolute Gasteiger partial charge is 0.159 e. The quantitative estimate of drug-likeness (QED) is 0.699. The summed E-state index contributed by atoms with van der Waals surface area (Å²) in [5.41, 5.74) is 0. The molecule has 15 heavy (non-hydrogen) atoms. The molecule has 0 saturated heterocycles. The highest BCUT2D eigenvalue weighted by Gasteiger charge is 2.47. The van der Waals surface area contributed by atoms with Crippen LogP contribution in [0.1, 0.15) is 0 Å². The molecule has 0 rings (SSSR count). The summed E-state index contributed by atoms with van der Waals surface area (Å²) in [4.78, 5) is 0. The Morgan fingerprint density at radius 1 is 0.467 bits per heavy atom. The second-order valence-corrected chi connectivity index (χ2v) is 39.7. The van der Waals surface area contributed by atoms with E-state index in [2.05, 4.69) is 65.5 Å². The molecule has 0 aliphatic rings. The summed E-state index contributed by atoms with van der Waals surface area (Å²) in [6.45, 7) is 24.6. The van der Waals surface area contributed by atoms with Gasteiger partial charge in [-0.2, -0.15) is 0 Å². The molecule has 0 unspecified atom stereocenters. The zero-order chi connectivity index (χ0) is 12.7. The minimum absolute atomic E-state index is 1.10. The van der Waals surface area contributed by atoms with Crippen molar-refractivity contribution < 1.29 is 4.12 Å². The molecule has 0 aromatic heterocycles. The van der Waals surface area contributed by atoms with Crippen molar-refractivity contribution >= 4 is 30.9 Å². The Morgan fingerprint density at radius 2 is 0.667 bits per heavy atom. The van der Waals surface area contributed by atoms with Crippen molar-refractivity contribution in [3.63, 3.8) is 0 Å². The molecular formula is C10H30OSi4. The van der Waals surface area contributed by atoms with Gasteiger partial charge in [0.15, 0.2) is 15.7 Å². The molecule has 1 nitrogen and oxygen atoms in total. The van der Waals surface area contributed by atoms with Crippen LogP contribution in [0.3, 0.4) is 0 Å². The first-order valence-corrected chi connectivity index (χ1v) is 20.7. The zero-order valence-corrected chi connectivity index (χ0v) is 16.4. The van der Waals surface area contributed by atoms with Crippen molar-refractivity contribution in [3.05, 3.63) is 0 Å².